The van der Waals surface area contributed by atoms with E-state index in [1.54, 1.807) is 0 Å². The summed E-state index contributed by atoms with van der Waals surface area (Å²) in [5, 5.41) is 7.83. The first-order valence-electron chi connectivity index (χ1n) is 12.5. The average molecular weight is 446 g/mol. The number of hydrogen-bond acceptors (Lipinski definition) is 1. The molecule has 1 aliphatic rings. The highest BCUT2D eigenvalue weighted by Crippen LogP contribution is 2.44. The maximum absolute atomic E-state index is 13.2. The molecule has 0 bridgehead atoms. The van der Waals surface area contributed by atoms with E-state index in [4.69, 9.17) is 0 Å². The van der Waals surface area contributed by atoms with Gasteiger partial charge in [-0.15, -0.1) is 0 Å². The molecule has 0 spiro atoms. The molecule has 33 heavy (non-hydrogen) atoms. The normalized spacial score (nSPS) is 15.5. The van der Waals surface area contributed by atoms with E-state index < -0.39 is 0 Å². The standard InChI is InChI=1S/C29H39N3O/c1-19(2)22-13-11-14-23(20(3)4)26(22)31-28(33)30-18-29(16-9-10-17-29)27-21(5)24-12-7-8-15-25(24)32(27)6/h7-8,11-15,19-20H,9-10,16-18H2,1-6H3,(H2,30,31,33). The molecule has 0 saturated heterocycles. The smallest absolute Gasteiger partial charge is 0.319 e. The Balaban J connectivity index is 1.61. The van der Waals surface area contributed by atoms with Crippen molar-refractivity contribution >= 4 is 22.6 Å². The van der Waals surface area contributed by atoms with Crippen LogP contribution < -0.4 is 10.6 Å². The van der Waals surface area contributed by atoms with Crippen molar-refractivity contribution in [1.29, 1.82) is 0 Å². The van der Waals surface area contributed by atoms with Crippen LogP contribution in [0.15, 0.2) is 42.5 Å². The van der Waals surface area contributed by atoms with Crippen LogP contribution in [0, 0.1) is 6.92 Å². The van der Waals surface area contributed by atoms with Crippen LogP contribution in [-0.2, 0) is 12.5 Å². The molecular weight excluding hydrogens is 406 g/mol. The maximum Gasteiger partial charge on any atom is 0.319 e. The van der Waals surface area contributed by atoms with Crippen molar-refractivity contribution in [2.75, 3.05) is 11.9 Å². The third-order valence-corrected chi connectivity index (χ3v) is 7.62. The number of para-hydroxylation sites is 2. The molecule has 0 atom stereocenters. The fourth-order valence-electron chi connectivity index (χ4n) is 5.99. The van der Waals surface area contributed by atoms with Crippen molar-refractivity contribution in [1.82, 2.24) is 9.88 Å². The number of carbonyl (C=O) groups excluding carboxylic acids is 1. The second kappa shape index (κ2) is 9.24. The third-order valence-electron chi connectivity index (χ3n) is 7.62. The molecular formula is C29H39N3O. The lowest BCUT2D eigenvalue weighted by molar-refractivity contribution is 0.247. The minimum atomic E-state index is -0.104. The number of benzene rings is 2. The summed E-state index contributed by atoms with van der Waals surface area (Å²) in [5.74, 6) is 0.692. The molecule has 1 saturated carbocycles. The molecule has 4 nitrogen and oxygen atoms in total. The Morgan fingerprint density at radius 3 is 2.15 bits per heavy atom. The molecule has 0 unspecified atom stereocenters. The van der Waals surface area contributed by atoms with Gasteiger partial charge in [-0.3, -0.25) is 0 Å². The monoisotopic (exact) mass is 445 g/mol. The number of hydrogen-bond donors (Lipinski definition) is 2. The van der Waals surface area contributed by atoms with Gasteiger partial charge in [0.1, 0.15) is 0 Å². The van der Waals surface area contributed by atoms with Gasteiger partial charge in [0.2, 0.25) is 0 Å². The SMILES string of the molecule is Cc1c(C2(CNC(=O)Nc3c(C(C)C)cccc3C(C)C)CCCC2)n(C)c2ccccc12. The second-order valence-electron chi connectivity index (χ2n) is 10.5. The molecule has 2 aromatic carbocycles. The summed E-state index contributed by atoms with van der Waals surface area (Å²) >= 11 is 0. The van der Waals surface area contributed by atoms with Crippen LogP contribution in [0.5, 0.6) is 0 Å². The number of fused-ring (bicyclic) bond motifs is 1. The van der Waals surface area contributed by atoms with Crippen molar-refractivity contribution in [3.63, 3.8) is 0 Å². The van der Waals surface area contributed by atoms with Gasteiger partial charge >= 0.3 is 6.03 Å². The maximum atomic E-state index is 13.2. The molecule has 1 aliphatic carbocycles. The summed E-state index contributed by atoms with van der Waals surface area (Å²) in [6, 6.07) is 14.9. The molecule has 3 aromatic rings. The van der Waals surface area contributed by atoms with E-state index in [0.29, 0.717) is 18.4 Å². The summed E-state index contributed by atoms with van der Waals surface area (Å²) < 4.78 is 2.36. The van der Waals surface area contributed by atoms with Gasteiger partial charge in [-0.05, 0) is 54.4 Å². The molecule has 4 heteroatoms. The van der Waals surface area contributed by atoms with Crippen molar-refractivity contribution in [3.05, 3.63) is 64.8 Å². The Morgan fingerprint density at radius 2 is 1.58 bits per heavy atom. The number of nitrogens with one attached hydrogen (secondary N) is 2. The summed E-state index contributed by atoms with van der Waals surface area (Å²) in [6.45, 7) is 11.6. The van der Waals surface area contributed by atoms with Crippen LogP contribution in [0.25, 0.3) is 10.9 Å². The van der Waals surface area contributed by atoms with Gasteiger partial charge < -0.3 is 15.2 Å². The molecule has 0 aliphatic heterocycles. The predicted molar refractivity (Wildman–Crippen MR) is 139 cm³/mol. The molecule has 4 rings (SSSR count). The molecule has 176 valence electrons. The molecule has 2 amide bonds. The first-order valence-corrected chi connectivity index (χ1v) is 12.5. The third kappa shape index (κ3) is 4.28. The van der Waals surface area contributed by atoms with E-state index in [1.165, 1.54) is 46.1 Å². The summed E-state index contributed by atoms with van der Waals surface area (Å²) in [4.78, 5) is 13.2. The van der Waals surface area contributed by atoms with E-state index in [9.17, 15) is 4.79 Å². The number of nitrogens with zero attached hydrogens (tertiary/aromatic N) is 1. The number of anilines is 1. The zero-order chi connectivity index (χ0) is 23.8. The van der Waals surface area contributed by atoms with E-state index in [1.807, 2.05) is 0 Å². The van der Waals surface area contributed by atoms with Crippen LogP contribution in [-0.4, -0.2) is 17.1 Å². The zero-order valence-electron chi connectivity index (χ0n) is 21.1. The Bertz CT molecular complexity index is 1080. The first kappa shape index (κ1) is 23.4. The fourth-order valence-corrected chi connectivity index (χ4v) is 5.99. The number of rotatable bonds is 6. The lowest BCUT2D eigenvalue weighted by Gasteiger charge is -2.31. The minimum Gasteiger partial charge on any atom is -0.347 e. The van der Waals surface area contributed by atoms with Gasteiger partial charge in [-0.2, -0.15) is 0 Å². The van der Waals surface area contributed by atoms with Crippen molar-refractivity contribution in [2.45, 2.75) is 77.6 Å². The quantitative estimate of drug-likeness (QED) is 0.409. The number of aromatic nitrogens is 1. The second-order valence-corrected chi connectivity index (χ2v) is 10.5. The van der Waals surface area contributed by atoms with Crippen LogP contribution in [0.3, 0.4) is 0 Å². The van der Waals surface area contributed by atoms with E-state index >= 15 is 0 Å². The largest absolute Gasteiger partial charge is 0.347 e. The fraction of sp³-hybridized carbons (Fsp3) is 0.483. The van der Waals surface area contributed by atoms with Crippen LogP contribution in [0.4, 0.5) is 10.5 Å². The van der Waals surface area contributed by atoms with Gasteiger partial charge in [0.25, 0.3) is 0 Å². The molecule has 1 heterocycles. The highest BCUT2D eigenvalue weighted by atomic mass is 16.2. The van der Waals surface area contributed by atoms with Crippen molar-refractivity contribution < 1.29 is 4.79 Å². The highest BCUT2D eigenvalue weighted by Gasteiger charge is 2.40. The average Bonchev–Trinajstić information content (AvgIpc) is 3.36. The Kier molecular flexibility index (Phi) is 6.56. The number of urea groups is 1. The van der Waals surface area contributed by atoms with Crippen LogP contribution >= 0.6 is 0 Å². The van der Waals surface area contributed by atoms with E-state index in [2.05, 4.69) is 99.3 Å². The Morgan fingerprint density at radius 1 is 0.970 bits per heavy atom. The van der Waals surface area contributed by atoms with Gasteiger partial charge in [0.15, 0.2) is 0 Å². The van der Waals surface area contributed by atoms with Crippen molar-refractivity contribution in [2.24, 2.45) is 7.05 Å². The highest BCUT2D eigenvalue weighted by molar-refractivity contribution is 5.91. The van der Waals surface area contributed by atoms with Gasteiger partial charge in [0.05, 0.1) is 0 Å². The number of amides is 2. The summed E-state index contributed by atoms with van der Waals surface area (Å²) in [5.41, 5.74) is 7.34. The zero-order valence-corrected chi connectivity index (χ0v) is 21.1. The molecule has 2 N–H and O–H groups in total. The van der Waals surface area contributed by atoms with Crippen LogP contribution in [0.1, 0.15) is 87.6 Å². The van der Waals surface area contributed by atoms with Gasteiger partial charge in [0, 0.05) is 41.3 Å². The topological polar surface area (TPSA) is 46.1 Å². The summed E-state index contributed by atoms with van der Waals surface area (Å²) in [6.07, 6.45) is 4.63. The minimum absolute atomic E-state index is 0.0202. The lowest BCUT2D eigenvalue weighted by atomic mass is 9.80. The first-order chi connectivity index (χ1) is 15.7. The lowest BCUT2D eigenvalue weighted by Crippen LogP contribution is -2.42. The number of aryl methyl sites for hydroxylation is 2. The molecule has 1 fully saturated rings. The van der Waals surface area contributed by atoms with E-state index in [-0.39, 0.29) is 11.4 Å². The van der Waals surface area contributed by atoms with Gasteiger partial charge in [-0.25, -0.2) is 4.79 Å². The Labute approximate surface area is 198 Å². The molecule has 1 aromatic heterocycles. The van der Waals surface area contributed by atoms with E-state index in [0.717, 1.165) is 18.5 Å². The van der Waals surface area contributed by atoms with Gasteiger partial charge in [-0.1, -0.05) is 76.9 Å². The van der Waals surface area contributed by atoms with Crippen molar-refractivity contribution in [3.8, 4) is 0 Å². The Hall–Kier alpha value is -2.75. The molecule has 0 radical (unpaired) electrons. The number of carbonyl (C=O) groups is 1. The summed E-state index contributed by atoms with van der Waals surface area (Å²) in [7, 11) is 2.18. The van der Waals surface area contributed by atoms with Crippen LogP contribution in [0.2, 0.25) is 0 Å². The predicted octanol–water partition coefficient (Wildman–Crippen LogP) is 7.37.